The molecule has 2 N–H and O–H groups in total. The predicted octanol–water partition coefficient (Wildman–Crippen LogP) is 2.07. The zero-order valence-corrected chi connectivity index (χ0v) is 9.50. The molecule has 0 saturated heterocycles. The van der Waals surface area contributed by atoms with E-state index in [1.807, 2.05) is 13.8 Å². The Morgan fingerprint density at radius 3 is 2.25 bits per heavy atom. The molecule has 1 unspecified atom stereocenters. The minimum Gasteiger partial charge on any atom is -0.392 e. The zero-order valence-electron chi connectivity index (χ0n) is 9.50. The van der Waals surface area contributed by atoms with Gasteiger partial charge in [-0.25, -0.2) is 8.78 Å². The van der Waals surface area contributed by atoms with Crippen LogP contribution in [0.15, 0.2) is 18.2 Å². The Morgan fingerprint density at radius 2 is 1.75 bits per heavy atom. The van der Waals surface area contributed by atoms with Crippen LogP contribution in [0, 0.1) is 17.6 Å². The highest BCUT2D eigenvalue weighted by molar-refractivity contribution is 5.17. The van der Waals surface area contributed by atoms with Gasteiger partial charge in [0.2, 0.25) is 0 Å². The maximum atomic E-state index is 12.8. The smallest absolute Gasteiger partial charge is 0.126 e. The molecule has 0 amide bonds. The molecule has 1 aromatic rings. The summed E-state index contributed by atoms with van der Waals surface area (Å²) in [4.78, 5) is 0. The summed E-state index contributed by atoms with van der Waals surface area (Å²) in [5.41, 5.74) is 0.536. The number of hydrogen-bond donors (Lipinski definition) is 2. The van der Waals surface area contributed by atoms with Crippen LogP contribution in [0.1, 0.15) is 19.4 Å². The van der Waals surface area contributed by atoms with Crippen molar-refractivity contribution in [2.24, 2.45) is 5.92 Å². The second-order valence-corrected chi connectivity index (χ2v) is 4.22. The lowest BCUT2D eigenvalue weighted by Gasteiger charge is -2.15. The molecule has 0 bridgehead atoms. The second kappa shape index (κ2) is 5.92. The zero-order chi connectivity index (χ0) is 12.1. The maximum absolute atomic E-state index is 12.8. The molecule has 2 nitrogen and oxygen atoms in total. The predicted molar refractivity (Wildman–Crippen MR) is 58.9 cm³/mol. The molecule has 1 aromatic carbocycles. The molecular formula is C12H17F2NO. The first-order valence-electron chi connectivity index (χ1n) is 5.33. The molecule has 0 aromatic heterocycles. The normalized spacial score (nSPS) is 13.1. The third-order valence-electron chi connectivity index (χ3n) is 2.37. The van der Waals surface area contributed by atoms with Crippen LogP contribution in [-0.4, -0.2) is 17.8 Å². The van der Waals surface area contributed by atoms with Gasteiger partial charge in [0.1, 0.15) is 11.6 Å². The molecule has 0 aliphatic rings. The van der Waals surface area contributed by atoms with Gasteiger partial charge in [-0.15, -0.1) is 0 Å². The van der Waals surface area contributed by atoms with Crippen LogP contribution >= 0.6 is 0 Å². The Kier molecular flexibility index (Phi) is 4.83. The molecule has 0 heterocycles. The van der Waals surface area contributed by atoms with Gasteiger partial charge in [0, 0.05) is 19.2 Å². The average molecular weight is 229 g/mol. The first kappa shape index (κ1) is 13.1. The maximum Gasteiger partial charge on any atom is 0.126 e. The highest BCUT2D eigenvalue weighted by atomic mass is 19.1. The standard InChI is InChI=1S/C12H17F2NO/c1-8(2)12(16)7-15-6-9-3-10(13)5-11(14)4-9/h3-5,8,12,15-16H,6-7H2,1-2H3. The molecule has 4 heteroatoms. The van der Waals surface area contributed by atoms with Crippen molar-refractivity contribution in [1.29, 1.82) is 0 Å². The van der Waals surface area contributed by atoms with Gasteiger partial charge in [-0.1, -0.05) is 13.8 Å². The number of halogens is 2. The molecule has 0 fully saturated rings. The van der Waals surface area contributed by atoms with Crippen molar-refractivity contribution in [2.45, 2.75) is 26.5 Å². The van der Waals surface area contributed by atoms with Gasteiger partial charge >= 0.3 is 0 Å². The van der Waals surface area contributed by atoms with E-state index in [0.717, 1.165) is 6.07 Å². The third-order valence-corrected chi connectivity index (χ3v) is 2.37. The number of aliphatic hydroxyl groups is 1. The highest BCUT2D eigenvalue weighted by Gasteiger charge is 2.08. The Labute approximate surface area is 94.3 Å². The number of benzene rings is 1. The Hall–Kier alpha value is -1.00. The molecule has 0 aliphatic heterocycles. The quantitative estimate of drug-likeness (QED) is 0.810. The molecule has 0 radical (unpaired) electrons. The Balaban J connectivity index is 2.43. The Bertz CT molecular complexity index is 322. The van der Waals surface area contributed by atoms with Crippen molar-refractivity contribution >= 4 is 0 Å². The van der Waals surface area contributed by atoms with Crippen molar-refractivity contribution in [2.75, 3.05) is 6.54 Å². The van der Waals surface area contributed by atoms with Crippen molar-refractivity contribution in [3.63, 3.8) is 0 Å². The van der Waals surface area contributed by atoms with Crippen LogP contribution < -0.4 is 5.32 Å². The molecule has 1 atom stereocenters. The largest absolute Gasteiger partial charge is 0.392 e. The van der Waals surface area contributed by atoms with E-state index >= 15 is 0 Å². The molecule has 1 rings (SSSR count). The lowest BCUT2D eigenvalue weighted by atomic mass is 10.1. The molecule has 90 valence electrons. The monoisotopic (exact) mass is 229 g/mol. The first-order valence-corrected chi connectivity index (χ1v) is 5.33. The highest BCUT2D eigenvalue weighted by Crippen LogP contribution is 2.07. The number of rotatable bonds is 5. The molecule has 16 heavy (non-hydrogen) atoms. The fourth-order valence-corrected chi connectivity index (χ4v) is 1.31. The summed E-state index contributed by atoms with van der Waals surface area (Å²) >= 11 is 0. The van der Waals surface area contributed by atoms with Gasteiger partial charge in [-0.05, 0) is 23.6 Å². The van der Waals surface area contributed by atoms with Crippen molar-refractivity contribution < 1.29 is 13.9 Å². The summed E-state index contributed by atoms with van der Waals surface area (Å²) in [6.45, 7) is 4.58. The van der Waals surface area contributed by atoms with Gasteiger partial charge in [0.05, 0.1) is 6.10 Å². The van der Waals surface area contributed by atoms with Gasteiger partial charge < -0.3 is 10.4 Å². The first-order chi connectivity index (χ1) is 7.49. The van der Waals surface area contributed by atoms with E-state index < -0.39 is 17.7 Å². The Morgan fingerprint density at radius 1 is 1.19 bits per heavy atom. The van der Waals surface area contributed by atoms with E-state index in [0.29, 0.717) is 18.7 Å². The van der Waals surface area contributed by atoms with Gasteiger partial charge in [-0.2, -0.15) is 0 Å². The summed E-state index contributed by atoms with van der Waals surface area (Å²) in [5.74, 6) is -1.00. The van der Waals surface area contributed by atoms with Crippen LogP contribution in [0.4, 0.5) is 8.78 Å². The van der Waals surface area contributed by atoms with Crippen molar-refractivity contribution in [3.05, 3.63) is 35.4 Å². The minimum absolute atomic E-state index is 0.164. The SMILES string of the molecule is CC(C)C(O)CNCc1cc(F)cc(F)c1. The lowest BCUT2D eigenvalue weighted by molar-refractivity contribution is 0.123. The summed E-state index contributed by atoms with van der Waals surface area (Å²) in [7, 11) is 0. The van der Waals surface area contributed by atoms with Gasteiger partial charge in [0.25, 0.3) is 0 Å². The van der Waals surface area contributed by atoms with E-state index in [9.17, 15) is 13.9 Å². The number of nitrogens with one attached hydrogen (secondary N) is 1. The van der Waals surface area contributed by atoms with Gasteiger partial charge in [0.15, 0.2) is 0 Å². The summed E-state index contributed by atoms with van der Waals surface area (Å²) in [6, 6.07) is 3.39. The molecule has 0 spiro atoms. The van der Waals surface area contributed by atoms with E-state index in [1.165, 1.54) is 12.1 Å². The fraction of sp³-hybridized carbons (Fsp3) is 0.500. The van der Waals surface area contributed by atoms with E-state index in [-0.39, 0.29) is 5.92 Å². The lowest BCUT2D eigenvalue weighted by Crippen LogP contribution is -2.30. The third kappa shape index (κ3) is 4.24. The van der Waals surface area contributed by atoms with Crippen LogP contribution in [0.25, 0.3) is 0 Å². The second-order valence-electron chi connectivity index (χ2n) is 4.22. The average Bonchev–Trinajstić information content (AvgIpc) is 2.15. The van der Waals surface area contributed by atoms with Crippen LogP contribution in [0.5, 0.6) is 0 Å². The van der Waals surface area contributed by atoms with Crippen LogP contribution in [-0.2, 0) is 6.54 Å². The number of hydrogen-bond acceptors (Lipinski definition) is 2. The van der Waals surface area contributed by atoms with E-state index in [1.54, 1.807) is 0 Å². The summed E-state index contributed by atoms with van der Waals surface area (Å²) < 4.78 is 25.6. The van der Waals surface area contributed by atoms with E-state index in [2.05, 4.69) is 5.32 Å². The van der Waals surface area contributed by atoms with Crippen molar-refractivity contribution in [1.82, 2.24) is 5.32 Å². The topological polar surface area (TPSA) is 32.3 Å². The molecule has 0 saturated carbocycles. The summed E-state index contributed by atoms with van der Waals surface area (Å²) in [6.07, 6.45) is -0.446. The van der Waals surface area contributed by atoms with Crippen molar-refractivity contribution in [3.8, 4) is 0 Å². The molecular weight excluding hydrogens is 212 g/mol. The van der Waals surface area contributed by atoms with E-state index in [4.69, 9.17) is 0 Å². The van der Waals surface area contributed by atoms with Crippen LogP contribution in [0.2, 0.25) is 0 Å². The fourth-order valence-electron chi connectivity index (χ4n) is 1.31. The van der Waals surface area contributed by atoms with Crippen LogP contribution in [0.3, 0.4) is 0 Å². The minimum atomic E-state index is -0.582. The summed E-state index contributed by atoms with van der Waals surface area (Å²) in [5, 5.41) is 12.5. The van der Waals surface area contributed by atoms with Gasteiger partial charge in [-0.3, -0.25) is 0 Å². The number of aliphatic hydroxyl groups excluding tert-OH is 1. The molecule has 0 aliphatic carbocycles.